The van der Waals surface area contributed by atoms with E-state index in [-0.39, 0.29) is 17.4 Å². The predicted molar refractivity (Wildman–Crippen MR) is 88.3 cm³/mol. The minimum atomic E-state index is -1.25. The summed E-state index contributed by atoms with van der Waals surface area (Å²) in [6.07, 6.45) is 0. The molecule has 0 amide bonds. The van der Waals surface area contributed by atoms with Crippen molar-refractivity contribution in [1.82, 2.24) is 4.98 Å². The summed E-state index contributed by atoms with van der Waals surface area (Å²) < 4.78 is 45.1. The second-order valence-electron chi connectivity index (χ2n) is 4.97. The molecule has 0 aliphatic rings. The monoisotopic (exact) mass is 389 g/mol. The fraction of sp³-hybridized carbons (Fsp3) is 0.312. The van der Waals surface area contributed by atoms with E-state index < -0.39 is 40.0 Å². The zero-order valence-electron chi connectivity index (χ0n) is 13.3. The van der Waals surface area contributed by atoms with Crippen LogP contribution in [0.2, 0.25) is 0 Å². The van der Waals surface area contributed by atoms with Crippen LogP contribution in [0.4, 0.5) is 13.2 Å². The summed E-state index contributed by atoms with van der Waals surface area (Å²) in [6, 6.07) is 1.06. The third kappa shape index (κ3) is 4.82. The maximum absolute atomic E-state index is 13.7. The van der Waals surface area contributed by atoms with Crippen LogP contribution in [0, 0.1) is 24.4 Å². The number of hydrogen-bond donors (Lipinski definition) is 0. The Hall–Kier alpha value is -1.87. The molecule has 25 heavy (non-hydrogen) atoms. The lowest BCUT2D eigenvalue weighted by Gasteiger charge is -2.12. The first-order valence-electron chi connectivity index (χ1n) is 7.22. The molecule has 1 aromatic heterocycles. The molecule has 0 fully saturated rings. The van der Waals surface area contributed by atoms with Crippen LogP contribution in [-0.2, 0) is 14.3 Å². The SMILES string of the molecule is CCOC(=O)C(C(=O)CSc1c(F)cc(F)cc1F)c1nc(C)cs1. The number of carbonyl (C=O) groups is 2. The number of thiazole rings is 1. The highest BCUT2D eigenvalue weighted by Gasteiger charge is 2.32. The van der Waals surface area contributed by atoms with Crippen LogP contribution in [0.5, 0.6) is 0 Å². The average Bonchev–Trinajstić information content (AvgIpc) is 2.92. The molecular formula is C16H14F3NO3S2. The fourth-order valence-electron chi connectivity index (χ4n) is 1.99. The van der Waals surface area contributed by atoms with Gasteiger partial charge in [0.1, 0.15) is 22.5 Å². The van der Waals surface area contributed by atoms with Gasteiger partial charge in [-0.05, 0) is 13.8 Å². The van der Waals surface area contributed by atoms with Gasteiger partial charge in [-0.15, -0.1) is 23.1 Å². The van der Waals surface area contributed by atoms with E-state index in [0.29, 0.717) is 29.6 Å². The van der Waals surface area contributed by atoms with Crippen LogP contribution in [0.25, 0.3) is 0 Å². The van der Waals surface area contributed by atoms with Gasteiger partial charge in [-0.2, -0.15) is 0 Å². The molecule has 0 spiro atoms. The van der Waals surface area contributed by atoms with Crippen LogP contribution in [0.3, 0.4) is 0 Å². The first-order valence-corrected chi connectivity index (χ1v) is 9.08. The maximum atomic E-state index is 13.7. The van der Waals surface area contributed by atoms with E-state index in [1.54, 1.807) is 19.2 Å². The minimum Gasteiger partial charge on any atom is -0.465 e. The molecule has 0 aliphatic carbocycles. The van der Waals surface area contributed by atoms with Crippen molar-refractivity contribution in [2.45, 2.75) is 24.7 Å². The number of halogens is 3. The molecule has 9 heteroatoms. The smallest absolute Gasteiger partial charge is 0.323 e. The molecule has 4 nitrogen and oxygen atoms in total. The molecule has 134 valence electrons. The normalized spacial score (nSPS) is 12.0. The van der Waals surface area contributed by atoms with Crippen molar-refractivity contribution < 1.29 is 27.5 Å². The van der Waals surface area contributed by atoms with Gasteiger partial charge in [0.2, 0.25) is 0 Å². The number of thioether (sulfide) groups is 1. The molecule has 0 radical (unpaired) electrons. The lowest BCUT2D eigenvalue weighted by molar-refractivity contribution is -0.147. The predicted octanol–water partition coefficient (Wildman–Crippen LogP) is 3.88. The Morgan fingerprint density at radius 1 is 1.28 bits per heavy atom. The standard InChI is InChI=1S/C16H14F3NO3S2/c1-3-23-16(22)13(15-20-8(2)6-25-15)12(21)7-24-14-10(18)4-9(17)5-11(14)19/h4-6,13H,3,7H2,1-2H3. The summed E-state index contributed by atoms with van der Waals surface area (Å²) in [5.74, 6) is -6.25. The zero-order chi connectivity index (χ0) is 18.6. The summed E-state index contributed by atoms with van der Waals surface area (Å²) in [6.45, 7) is 3.40. The quantitative estimate of drug-likeness (QED) is 0.409. The molecule has 0 saturated carbocycles. The van der Waals surface area contributed by atoms with Crippen molar-refractivity contribution in [3.63, 3.8) is 0 Å². The molecule has 0 aliphatic heterocycles. The molecule has 2 aromatic rings. The number of nitrogens with zero attached hydrogens (tertiary/aromatic N) is 1. The Morgan fingerprint density at radius 3 is 2.44 bits per heavy atom. The lowest BCUT2D eigenvalue weighted by atomic mass is 10.1. The van der Waals surface area contributed by atoms with Crippen molar-refractivity contribution in [3.05, 3.63) is 45.7 Å². The van der Waals surface area contributed by atoms with Crippen LogP contribution < -0.4 is 0 Å². The van der Waals surface area contributed by atoms with E-state index in [1.807, 2.05) is 0 Å². The topological polar surface area (TPSA) is 56.3 Å². The molecule has 1 unspecified atom stereocenters. The zero-order valence-corrected chi connectivity index (χ0v) is 15.0. The molecule has 0 saturated heterocycles. The van der Waals surface area contributed by atoms with Crippen molar-refractivity contribution in [1.29, 1.82) is 0 Å². The number of ketones is 1. The van der Waals surface area contributed by atoms with Gasteiger partial charge in [-0.25, -0.2) is 18.2 Å². The summed E-state index contributed by atoms with van der Waals surface area (Å²) in [7, 11) is 0. The lowest BCUT2D eigenvalue weighted by Crippen LogP contribution is -2.25. The first-order chi connectivity index (χ1) is 11.8. The van der Waals surface area contributed by atoms with E-state index in [4.69, 9.17) is 4.74 Å². The van der Waals surface area contributed by atoms with Crippen LogP contribution in [0.1, 0.15) is 23.5 Å². The van der Waals surface area contributed by atoms with Gasteiger partial charge in [-0.3, -0.25) is 9.59 Å². The van der Waals surface area contributed by atoms with Crippen molar-refractivity contribution in [2.24, 2.45) is 0 Å². The number of ether oxygens (including phenoxy) is 1. The number of benzene rings is 1. The highest BCUT2D eigenvalue weighted by Crippen LogP contribution is 2.29. The van der Waals surface area contributed by atoms with Crippen LogP contribution in [0.15, 0.2) is 22.4 Å². The Kier molecular flexibility index (Phi) is 6.60. The van der Waals surface area contributed by atoms with Gasteiger partial charge in [0.25, 0.3) is 0 Å². The summed E-state index contributed by atoms with van der Waals surface area (Å²) in [5, 5.41) is 1.95. The largest absolute Gasteiger partial charge is 0.465 e. The van der Waals surface area contributed by atoms with Crippen LogP contribution in [-0.4, -0.2) is 29.1 Å². The number of Topliss-reactive ketones (excluding diaryl/α,β-unsaturated/α-hetero) is 1. The summed E-state index contributed by atoms with van der Waals surface area (Å²) in [4.78, 5) is 28.2. The maximum Gasteiger partial charge on any atom is 0.323 e. The molecule has 0 N–H and O–H groups in total. The van der Waals surface area contributed by atoms with Crippen molar-refractivity contribution in [2.75, 3.05) is 12.4 Å². The van der Waals surface area contributed by atoms with E-state index >= 15 is 0 Å². The highest BCUT2D eigenvalue weighted by molar-refractivity contribution is 8.00. The second-order valence-corrected chi connectivity index (χ2v) is 6.84. The van der Waals surface area contributed by atoms with Gasteiger partial charge >= 0.3 is 5.97 Å². The van der Waals surface area contributed by atoms with Crippen LogP contribution >= 0.6 is 23.1 Å². The molecule has 2 rings (SSSR count). The third-order valence-electron chi connectivity index (χ3n) is 3.05. The molecule has 1 heterocycles. The highest BCUT2D eigenvalue weighted by atomic mass is 32.2. The summed E-state index contributed by atoms with van der Waals surface area (Å²) >= 11 is 1.69. The van der Waals surface area contributed by atoms with Gasteiger partial charge in [-0.1, -0.05) is 0 Å². The number of aromatic nitrogens is 1. The number of rotatable bonds is 7. The molecule has 1 atom stereocenters. The van der Waals surface area contributed by atoms with Gasteiger partial charge in [0.15, 0.2) is 11.7 Å². The number of carbonyl (C=O) groups excluding carboxylic acids is 2. The van der Waals surface area contributed by atoms with E-state index in [0.717, 1.165) is 11.3 Å². The number of hydrogen-bond acceptors (Lipinski definition) is 6. The third-order valence-corrected chi connectivity index (χ3v) is 5.18. The van der Waals surface area contributed by atoms with E-state index in [1.165, 1.54) is 0 Å². The Labute approximate surface area is 150 Å². The second kappa shape index (κ2) is 8.48. The van der Waals surface area contributed by atoms with E-state index in [9.17, 15) is 22.8 Å². The molecular weight excluding hydrogens is 375 g/mol. The van der Waals surface area contributed by atoms with Crippen molar-refractivity contribution >= 4 is 34.9 Å². The number of esters is 1. The molecule has 1 aromatic carbocycles. The minimum absolute atomic E-state index is 0.0847. The Morgan fingerprint density at radius 2 is 1.92 bits per heavy atom. The molecule has 0 bridgehead atoms. The van der Waals surface area contributed by atoms with Gasteiger partial charge in [0, 0.05) is 23.2 Å². The van der Waals surface area contributed by atoms with Gasteiger partial charge in [0.05, 0.1) is 17.3 Å². The Balaban J connectivity index is 2.19. The summed E-state index contributed by atoms with van der Waals surface area (Å²) in [5.41, 5.74) is 0.644. The fourth-order valence-corrected chi connectivity index (χ4v) is 3.75. The van der Waals surface area contributed by atoms with E-state index in [2.05, 4.69) is 4.98 Å². The van der Waals surface area contributed by atoms with Crippen molar-refractivity contribution in [3.8, 4) is 0 Å². The van der Waals surface area contributed by atoms with Gasteiger partial charge < -0.3 is 4.74 Å². The number of aryl methyl sites for hydroxylation is 1. The average molecular weight is 389 g/mol. The first kappa shape index (κ1) is 19.5. The Bertz CT molecular complexity index is 772.